The molecule has 0 fully saturated rings. The highest BCUT2D eigenvalue weighted by molar-refractivity contribution is 7.14. The lowest BCUT2D eigenvalue weighted by atomic mass is 10.2. The molecule has 0 spiro atoms. The van der Waals surface area contributed by atoms with Crippen LogP contribution in [0.15, 0.2) is 29.6 Å². The molecule has 0 aliphatic rings. The van der Waals surface area contributed by atoms with Crippen LogP contribution in [0.4, 0.5) is 5.13 Å². The zero-order chi connectivity index (χ0) is 14.4. The van der Waals surface area contributed by atoms with Crippen molar-refractivity contribution >= 4 is 16.5 Å². The van der Waals surface area contributed by atoms with E-state index < -0.39 is 0 Å². The van der Waals surface area contributed by atoms with Gasteiger partial charge >= 0.3 is 0 Å². The van der Waals surface area contributed by atoms with Crippen LogP contribution in [0.2, 0.25) is 0 Å². The predicted molar refractivity (Wildman–Crippen MR) is 86.7 cm³/mol. The summed E-state index contributed by atoms with van der Waals surface area (Å²) in [5, 5.41) is 6.43. The second-order valence-corrected chi connectivity index (χ2v) is 6.04. The van der Waals surface area contributed by atoms with E-state index in [0.29, 0.717) is 5.92 Å². The summed E-state index contributed by atoms with van der Waals surface area (Å²) in [5.41, 5.74) is 2.14. The summed E-state index contributed by atoms with van der Waals surface area (Å²) in [6, 6.07) is 8.13. The fraction of sp³-hybridized carbons (Fsp3) is 0.438. The Morgan fingerprint density at radius 2 is 2.00 bits per heavy atom. The molecule has 0 atom stereocenters. The number of hydrogen-bond donors (Lipinski definition) is 1. The van der Waals surface area contributed by atoms with Crippen molar-refractivity contribution in [1.29, 1.82) is 0 Å². The van der Waals surface area contributed by atoms with Gasteiger partial charge in [-0.1, -0.05) is 20.8 Å². The van der Waals surface area contributed by atoms with Crippen molar-refractivity contribution < 1.29 is 4.74 Å². The summed E-state index contributed by atoms with van der Waals surface area (Å²) in [4.78, 5) is 4.61. The second kappa shape index (κ2) is 7.29. The third-order valence-electron chi connectivity index (χ3n) is 2.79. The molecule has 20 heavy (non-hydrogen) atoms. The number of thiazole rings is 1. The number of aromatic nitrogens is 1. The van der Waals surface area contributed by atoms with Crippen molar-refractivity contribution in [2.45, 2.75) is 27.2 Å². The molecule has 1 aromatic carbocycles. The van der Waals surface area contributed by atoms with Gasteiger partial charge in [-0.05, 0) is 36.6 Å². The van der Waals surface area contributed by atoms with Crippen LogP contribution >= 0.6 is 11.3 Å². The van der Waals surface area contributed by atoms with Crippen LogP contribution in [0.25, 0.3) is 11.3 Å². The predicted octanol–water partition coefficient (Wildman–Crippen LogP) is 4.67. The smallest absolute Gasteiger partial charge is 0.183 e. The van der Waals surface area contributed by atoms with E-state index >= 15 is 0 Å². The van der Waals surface area contributed by atoms with E-state index in [-0.39, 0.29) is 0 Å². The van der Waals surface area contributed by atoms with Crippen LogP contribution in [0.5, 0.6) is 5.75 Å². The van der Waals surface area contributed by atoms with E-state index in [0.717, 1.165) is 41.7 Å². The van der Waals surface area contributed by atoms with Gasteiger partial charge in [0.25, 0.3) is 0 Å². The Kier molecular flexibility index (Phi) is 5.41. The minimum Gasteiger partial charge on any atom is -0.494 e. The van der Waals surface area contributed by atoms with Crippen molar-refractivity contribution in [3.63, 3.8) is 0 Å². The first kappa shape index (κ1) is 14.9. The van der Waals surface area contributed by atoms with Gasteiger partial charge in [0.2, 0.25) is 0 Å². The molecule has 0 saturated carbocycles. The van der Waals surface area contributed by atoms with Crippen molar-refractivity contribution in [2.24, 2.45) is 5.92 Å². The second-order valence-electron chi connectivity index (χ2n) is 5.19. The van der Waals surface area contributed by atoms with E-state index in [4.69, 9.17) is 4.74 Å². The van der Waals surface area contributed by atoms with Gasteiger partial charge in [0.1, 0.15) is 5.75 Å². The lowest BCUT2D eigenvalue weighted by Gasteiger charge is -2.05. The third-order valence-corrected chi connectivity index (χ3v) is 3.59. The maximum atomic E-state index is 5.59. The summed E-state index contributed by atoms with van der Waals surface area (Å²) in [6.07, 6.45) is 1.03. The van der Waals surface area contributed by atoms with Gasteiger partial charge in [-0.25, -0.2) is 4.98 Å². The van der Waals surface area contributed by atoms with Gasteiger partial charge in [-0.2, -0.15) is 0 Å². The molecule has 4 heteroatoms. The Bertz CT molecular complexity index is 520. The van der Waals surface area contributed by atoms with E-state index in [1.54, 1.807) is 11.3 Å². The summed E-state index contributed by atoms with van der Waals surface area (Å²) >= 11 is 1.65. The molecule has 0 bridgehead atoms. The molecule has 2 rings (SSSR count). The highest BCUT2D eigenvalue weighted by Crippen LogP contribution is 2.26. The van der Waals surface area contributed by atoms with Crippen LogP contribution in [-0.2, 0) is 0 Å². The van der Waals surface area contributed by atoms with Crippen molar-refractivity contribution in [1.82, 2.24) is 4.98 Å². The van der Waals surface area contributed by atoms with Gasteiger partial charge in [-0.3, -0.25) is 0 Å². The minimum absolute atomic E-state index is 0.623. The zero-order valence-electron chi connectivity index (χ0n) is 12.3. The minimum atomic E-state index is 0.623. The van der Waals surface area contributed by atoms with Gasteiger partial charge in [0.15, 0.2) is 5.13 Å². The molecule has 1 heterocycles. The van der Waals surface area contributed by atoms with E-state index in [9.17, 15) is 0 Å². The Labute approximate surface area is 125 Å². The van der Waals surface area contributed by atoms with Gasteiger partial charge in [0, 0.05) is 17.5 Å². The van der Waals surface area contributed by atoms with Crippen molar-refractivity contribution in [3.05, 3.63) is 29.6 Å². The number of benzene rings is 1. The quantitative estimate of drug-likeness (QED) is 0.805. The fourth-order valence-corrected chi connectivity index (χ4v) is 2.45. The van der Waals surface area contributed by atoms with Crippen molar-refractivity contribution in [3.8, 4) is 17.0 Å². The van der Waals surface area contributed by atoms with Crippen LogP contribution in [-0.4, -0.2) is 18.1 Å². The molecule has 0 unspecified atom stereocenters. The number of ether oxygens (including phenoxy) is 1. The van der Waals surface area contributed by atoms with Crippen LogP contribution in [0.1, 0.15) is 27.2 Å². The molecule has 0 amide bonds. The molecule has 0 radical (unpaired) electrons. The molecule has 3 nitrogen and oxygen atoms in total. The average molecular weight is 290 g/mol. The summed E-state index contributed by atoms with van der Waals surface area (Å²) in [6.45, 7) is 8.21. The maximum Gasteiger partial charge on any atom is 0.183 e. The third kappa shape index (κ3) is 4.23. The van der Waals surface area contributed by atoms with Crippen LogP contribution in [0.3, 0.4) is 0 Å². The van der Waals surface area contributed by atoms with Gasteiger partial charge in [-0.15, -0.1) is 11.3 Å². The van der Waals surface area contributed by atoms with Gasteiger partial charge < -0.3 is 10.1 Å². The number of nitrogens with one attached hydrogen (secondary N) is 1. The standard InChI is InChI=1S/C16H22N2OS/c1-4-9-19-14-7-5-13(6-8-14)15-11-20-16(18-15)17-10-12(2)3/h5-8,11-12H,4,9-10H2,1-3H3,(H,17,18). The summed E-state index contributed by atoms with van der Waals surface area (Å²) < 4.78 is 5.59. The number of anilines is 1. The normalized spacial score (nSPS) is 10.8. The van der Waals surface area contributed by atoms with Gasteiger partial charge in [0.05, 0.1) is 12.3 Å². The Hall–Kier alpha value is -1.55. The molecular formula is C16H22N2OS. The molecule has 2 aromatic rings. The first-order valence-corrected chi connectivity index (χ1v) is 7.99. The number of rotatable bonds is 7. The largest absolute Gasteiger partial charge is 0.494 e. The topological polar surface area (TPSA) is 34.1 Å². The molecule has 1 aromatic heterocycles. The highest BCUT2D eigenvalue weighted by Gasteiger charge is 2.05. The maximum absolute atomic E-state index is 5.59. The first-order valence-electron chi connectivity index (χ1n) is 7.11. The Morgan fingerprint density at radius 3 is 2.65 bits per heavy atom. The fourth-order valence-electron chi connectivity index (χ4n) is 1.72. The van der Waals surface area contributed by atoms with E-state index in [2.05, 4.69) is 48.6 Å². The lowest BCUT2D eigenvalue weighted by molar-refractivity contribution is 0.317. The highest BCUT2D eigenvalue weighted by atomic mass is 32.1. The molecule has 0 saturated heterocycles. The van der Waals surface area contributed by atoms with E-state index in [1.807, 2.05) is 12.1 Å². The molecule has 108 valence electrons. The molecule has 1 N–H and O–H groups in total. The summed E-state index contributed by atoms with van der Waals surface area (Å²) in [5.74, 6) is 1.54. The Morgan fingerprint density at radius 1 is 1.25 bits per heavy atom. The van der Waals surface area contributed by atoms with Crippen LogP contribution < -0.4 is 10.1 Å². The molecule has 0 aliphatic heterocycles. The Balaban J connectivity index is 2.00. The van der Waals surface area contributed by atoms with Crippen molar-refractivity contribution in [2.75, 3.05) is 18.5 Å². The monoisotopic (exact) mass is 290 g/mol. The molecular weight excluding hydrogens is 268 g/mol. The summed E-state index contributed by atoms with van der Waals surface area (Å²) in [7, 11) is 0. The lowest BCUT2D eigenvalue weighted by Crippen LogP contribution is -2.07. The average Bonchev–Trinajstić information content (AvgIpc) is 2.92. The van der Waals surface area contributed by atoms with E-state index in [1.165, 1.54) is 0 Å². The zero-order valence-corrected chi connectivity index (χ0v) is 13.2. The number of hydrogen-bond acceptors (Lipinski definition) is 4. The first-order chi connectivity index (χ1) is 9.69. The molecule has 0 aliphatic carbocycles. The number of nitrogens with zero attached hydrogens (tertiary/aromatic N) is 1. The SMILES string of the molecule is CCCOc1ccc(-c2csc(NCC(C)C)n2)cc1. The van der Waals surface area contributed by atoms with Crippen LogP contribution in [0, 0.1) is 5.92 Å².